The Morgan fingerprint density at radius 1 is 1.41 bits per heavy atom. The number of aryl methyl sites for hydroxylation is 1. The second-order valence-electron chi connectivity index (χ2n) is 4.71. The zero-order valence-corrected chi connectivity index (χ0v) is 10.4. The third kappa shape index (κ3) is 2.67. The molecule has 0 saturated carbocycles. The van der Waals surface area contributed by atoms with Crippen LogP contribution in [0.3, 0.4) is 0 Å². The van der Waals surface area contributed by atoms with Crippen molar-refractivity contribution in [2.24, 2.45) is 5.73 Å². The topological polar surface area (TPSA) is 46.3 Å². The number of hydrogen-bond acceptors (Lipinski definition) is 2. The van der Waals surface area contributed by atoms with Crippen LogP contribution in [0.2, 0.25) is 0 Å². The van der Waals surface area contributed by atoms with Gasteiger partial charge in [0.25, 0.3) is 0 Å². The molecule has 1 atom stereocenters. The highest BCUT2D eigenvalue weighted by molar-refractivity contribution is 5.76. The van der Waals surface area contributed by atoms with Crippen molar-refractivity contribution in [3.05, 3.63) is 35.4 Å². The summed E-state index contributed by atoms with van der Waals surface area (Å²) >= 11 is 0. The molecule has 0 bridgehead atoms. The van der Waals surface area contributed by atoms with E-state index in [1.54, 1.807) is 0 Å². The lowest BCUT2D eigenvalue weighted by molar-refractivity contribution is -0.131. The summed E-state index contributed by atoms with van der Waals surface area (Å²) in [6, 6.07) is 8.85. The molecule has 0 heterocycles. The van der Waals surface area contributed by atoms with Gasteiger partial charge in [-0.05, 0) is 30.4 Å². The molecule has 0 saturated heterocycles. The highest BCUT2D eigenvalue weighted by Gasteiger charge is 2.24. The Labute approximate surface area is 103 Å². The van der Waals surface area contributed by atoms with Gasteiger partial charge in [0.15, 0.2) is 0 Å². The van der Waals surface area contributed by atoms with E-state index >= 15 is 0 Å². The molecule has 0 fully saturated rings. The van der Waals surface area contributed by atoms with Crippen molar-refractivity contribution < 1.29 is 4.79 Å². The first-order chi connectivity index (χ1) is 8.22. The molecule has 17 heavy (non-hydrogen) atoms. The zero-order chi connectivity index (χ0) is 12.3. The monoisotopic (exact) mass is 232 g/mol. The number of carbonyl (C=O) groups excluding carboxylic acids is 1. The zero-order valence-electron chi connectivity index (χ0n) is 10.4. The number of likely N-dealkylation sites (N-methyl/N-ethyl adjacent to an activating group) is 1. The number of fused-ring (bicyclic) bond motifs is 1. The van der Waals surface area contributed by atoms with E-state index in [1.165, 1.54) is 11.1 Å². The fourth-order valence-corrected chi connectivity index (χ4v) is 2.51. The van der Waals surface area contributed by atoms with Crippen molar-refractivity contribution in [1.82, 2.24) is 4.90 Å². The van der Waals surface area contributed by atoms with Crippen LogP contribution in [-0.2, 0) is 17.6 Å². The maximum Gasteiger partial charge on any atom is 0.223 e. The van der Waals surface area contributed by atoms with E-state index < -0.39 is 0 Å². The predicted molar refractivity (Wildman–Crippen MR) is 68.7 cm³/mol. The van der Waals surface area contributed by atoms with E-state index in [0.29, 0.717) is 19.0 Å². The molecule has 1 amide bonds. The molecule has 1 aliphatic rings. The molecule has 1 aliphatic carbocycles. The minimum atomic E-state index is 0.164. The van der Waals surface area contributed by atoms with Gasteiger partial charge >= 0.3 is 0 Å². The number of benzene rings is 1. The van der Waals surface area contributed by atoms with Gasteiger partial charge < -0.3 is 10.6 Å². The van der Waals surface area contributed by atoms with Gasteiger partial charge in [0.1, 0.15) is 0 Å². The van der Waals surface area contributed by atoms with Crippen LogP contribution >= 0.6 is 0 Å². The van der Waals surface area contributed by atoms with Crippen molar-refractivity contribution in [2.45, 2.75) is 31.7 Å². The second-order valence-corrected chi connectivity index (χ2v) is 4.71. The van der Waals surface area contributed by atoms with Gasteiger partial charge in [-0.15, -0.1) is 0 Å². The molecule has 92 valence electrons. The number of amides is 1. The Morgan fingerprint density at radius 3 is 2.82 bits per heavy atom. The van der Waals surface area contributed by atoms with Crippen molar-refractivity contribution >= 4 is 5.91 Å². The SMILES string of the molecule is CN(C(=O)CCN)C1CCc2ccccc2C1. The van der Waals surface area contributed by atoms with E-state index in [9.17, 15) is 4.79 Å². The van der Waals surface area contributed by atoms with Gasteiger partial charge in [-0.3, -0.25) is 4.79 Å². The number of rotatable bonds is 3. The molecule has 1 aromatic rings. The van der Waals surface area contributed by atoms with Crippen LogP contribution in [0, 0.1) is 0 Å². The van der Waals surface area contributed by atoms with Crippen LogP contribution in [0.15, 0.2) is 24.3 Å². The van der Waals surface area contributed by atoms with Gasteiger partial charge in [-0.25, -0.2) is 0 Å². The molecule has 2 rings (SSSR count). The number of nitrogens with zero attached hydrogens (tertiary/aromatic N) is 1. The summed E-state index contributed by atoms with van der Waals surface area (Å²) in [7, 11) is 1.90. The van der Waals surface area contributed by atoms with Gasteiger partial charge in [-0.1, -0.05) is 24.3 Å². The molecule has 3 heteroatoms. The second kappa shape index (κ2) is 5.32. The van der Waals surface area contributed by atoms with Crippen LogP contribution in [-0.4, -0.2) is 30.4 Å². The molecular weight excluding hydrogens is 212 g/mol. The van der Waals surface area contributed by atoms with E-state index in [4.69, 9.17) is 5.73 Å². The average Bonchev–Trinajstić information content (AvgIpc) is 2.37. The fraction of sp³-hybridized carbons (Fsp3) is 0.500. The molecule has 0 aromatic heterocycles. The molecule has 0 radical (unpaired) electrons. The van der Waals surface area contributed by atoms with Gasteiger partial charge in [0.2, 0.25) is 5.91 Å². The van der Waals surface area contributed by atoms with Crippen molar-refractivity contribution in [1.29, 1.82) is 0 Å². The lowest BCUT2D eigenvalue weighted by Crippen LogP contribution is -2.41. The third-order valence-corrected chi connectivity index (χ3v) is 3.62. The maximum absolute atomic E-state index is 11.8. The summed E-state index contributed by atoms with van der Waals surface area (Å²) in [4.78, 5) is 13.7. The summed E-state index contributed by atoms with van der Waals surface area (Å²) in [5.74, 6) is 0.164. The summed E-state index contributed by atoms with van der Waals surface area (Å²) in [5, 5.41) is 0. The number of hydrogen-bond donors (Lipinski definition) is 1. The normalized spacial score (nSPS) is 18.6. The summed E-state index contributed by atoms with van der Waals surface area (Å²) in [6.45, 7) is 0.437. The summed E-state index contributed by atoms with van der Waals surface area (Å²) < 4.78 is 0. The Hall–Kier alpha value is -1.35. The molecule has 1 unspecified atom stereocenters. The largest absolute Gasteiger partial charge is 0.342 e. The van der Waals surface area contributed by atoms with E-state index in [1.807, 2.05) is 11.9 Å². The standard InChI is InChI=1S/C14H20N2O/c1-16(14(17)8-9-15)13-7-6-11-4-2-3-5-12(11)10-13/h2-5,13H,6-10,15H2,1H3. The minimum Gasteiger partial charge on any atom is -0.342 e. The van der Waals surface area contributed by atoms with E-state index in [-0.39, 0.29) is 5.91 Å². The first-order valence-corrected chi connectivity index (χ1v) is 6.25. The molecule has 2 N–H and O–H groups in total. The fourth-order valence-electron chi connectivity index (χ4n) is 2.51. The Kier molecular flexibility index (Phi) is 3.79. The third-order valence-electron chi connectivity index (χ3n) is 3.62. The van der Waals surface area contributed by atoms with Crippen LogP contribution in [0.1, 0.15) is 24.0 Å². The average molecular weight is 232 g/mol. The van der Waals surface area contributed by atoms with Gasteiger partial charge in [0.05, 0.1) is 0 Å². The highest BCUT2D eigenvalue weighted by atomic mass is 16.2. The first kappa shape index (κ1) is 12.1. The van der Waals surface area contributed by atoms with Crippen LogP contribution in [0.25, 0.3) is 0 Å². The number of carbonyl (C=O) groups is 1. The summed E-state index contributed by atoms with van der Waals surface area (Å²) in [5.41, 5.74) is 8.24. The molecule has 0 spiro atoms. The molecular formula is C14H20N2O. The summed E-state index contributed by atoms with van der Waals surface area (Å²) in [6.07, 6.45) is 3.56. The molecule has 1 aromatic carbocycles. The minimum absolute atomic E-state index is 0.164. The highest BCUT2D eigenvalue weighted by Crippen LogP contribution is 2.23. The lowest BCUT2D eigenvalue weighted by atomic mass is 9.87. The van der Waals surface area contributed by atoms with Crippen LogP contribution in [0.5, 0.6) is 0 Å². The van der Waals surface area contributed by atoms with Crippen molar-refractivity contribution in [3.8, 4) is 0 Å². The Morgan fingerprint density at radius 2 is 2.12 bits per heavy atom. The lowest BCUT2D eigenvalue weighted by Gasteiger charge is -2.32. The molecule has 0 aliphatic heterocycles. The van der Waals surface area contributed by atoms with Gasteiger partial charge in [0, 0.05) is 26.1 Å². The Balaban J connectivity index is 2.04. The van der Waals surface area contributed by atoms with Gasteiger partial charge in [-0.2, -0.15) is 0 Å². The first-order valence-electron chi connectivity index (χ1n) is 6.25. The van der Waals surface area contributed by atoms with E-state index in [0.717, 1.165) is 19.3 Å². The smallest absolute Gasteiger partial charge is 0.223 e. The van der Waals surface area contributed by atoms with Crippen molar-refractivity contribution in [3.63, 3.8) is 0 Å². The van der Waals surface area contributed by atoms with Crippen LogP contribution in [0.4, 0.5) is 0 Å². The molecule has 3 nitrogen and oxygen atoms in total. The Bertz CT molecular complexity index is 403. The maximum atomic E-state index is 11.8. The number of nitrogens with two attached hydrogens (primary N) is 1. The van der Waals surface area contributed by atoms with Crippen LogP contribution < -0.4 is 5.73 Å². The predicted octanol–water partition coefficient (Wildman–Crippen LogP) is 1.35. The van der Waals surface area contributed by atoms with E-state index in [2.05, 4.69) is 24.3 Å². The van der Waals surface area contributed by atoms with Crippen molar-refractivity contribution in [2.75, 3.05) is 13.6 Å². The quantitative estimate of drug-likeness (QED) is 0.855.